The molecule has 0 heterocycles. The smallest absolute Gasteiger partial charge is 0.305 e. The Morgan fingerprint density at radius 1 is 1.46 bits per heavy atom. The molecule has 0 saturated carbocycles. The summed E-state index contributed by atoms with van der Waals surface area (Å²) in [4.78, 5) is 10.9. The molecule has 1 unspecified atom stereocenters. The van der Waals surface area contributed by atoms with E-state index in [9.17, 15) is 4.79 Å². The third-order valence-corrected chi connectivity index (χ3v) is 1.84. The van der Waals surface area contributed by atoms with Crippen LogP contribution in [-0.4, -0.2) is 18.6 Å². The third kappa shape index (κ3) is 8.06. The SMILES string of the molecule is CCOC(=O)CCC(N)C(C)C.Cl. The van der Waals surface area contributed by atoms with Gasteiger partial charge in [0.15, 0.2) is 0 Å². The molecule has 0 saturated heterocycles. The van der Waals surface area contributed by atoms with Gasteiger partial charge in [0.1, 0.15) is 0 Å². The Balaban J connectivity index is 0. The fourth-order valence-corrected chi connectivity index (χ4v) is 0.851. The number of carbonyl (C=O) groups excluding carboxylic acids is 1. The Labute approximate surface area is 86.4 Å². The lowest BCUT2D eigenvalue weighted by atomic mass is 10.0. The number of carbonyl (C=O) groups is 1. The van der Waals surface area contributed by atoms with Crippen molar-refractivity contribution in [2.24, 2.45) is 11.7 Å². The van der Waals surface area contributed by atoms with Crippen LogP contribution in [0, 0.1) is 5.92 Å². The Hall–Kier alpha value is -0.280. The van der Waals surface area contributed by atoms with Gasteiger partial charge in [0.2, 0.25) is 0 Å². The molecule has 0 aliphatic carbocycles. The third-order valence-electron chi connectivity index (χ3n) is 1.84. The molecule has 0 aliphatic heterocycles. The molecule has 4 heteroatoms. The summed E-state index contributed by atoms with van der Waals surface area (Å²) in [5.41, 5.74) is 5.75. The Bertz CT molecular complexity index is 140. The van der Waals surface area contributed by atoms with Crippen LogP contribution in [0.4, 0.5) is 0 Å². The van der Waals surface area contributed by atoms with E-state index in [1.807, 2.05) is 0 Å². The number of nitrogens with two attached hydrogens (primary N) is 1. The summed E-state index contributed by atoms with van der Waals surface area (Å²) in [6, 6.07) is 0.106. The Kier molecular flexibility index (Phi) is 9.74. The number of rotatable bonds is 5. The maximum atomic E-state index is 10.9. The van der Waals surface area contributed by atoms with Crippen molar-refractivity contribution >= 4 is 18.4 Å². The predicted molar refractivity (Wildman–Crippen MR) is 55.9 cm³/mol. The van der Waals surface area contributed by atoms with E-state index in [4.69, 9.17) is 10.5 Å². The lowest BCUT2D eigenvalue weighted by Gasteiger charge is -2.14. The zero-order chi connectivity index (χ0) is 9.56. The molecule has 2 N–H and O–H groups in total. The van der Waals surface area contributed by atoms with Crippen molar-refractivity contribution in [1.82, 2.24) is 0 Å². The van der Waals surface area contributed by atoms with Crippen molar-refractivity contribution < 1.29 is 9.53 Å². The second kappa shape index (κ2) is 8.32. The summed E-state index contributed by atoms with van der Waals surface area (Å²) in [5, 5.41) is 0. The minimum absolute atomic E-state index is 0. The van der Waals surface area contributed by atoms with Crippen LogP contribution < -0.4 is 5.73 Å². The summed E-state index contributed by atoms with van der Waals surface area (Å²) in [6.07, 6.45) is 1.16. The van der Waals surface area contributed by atoms with Gasteiger partial charge in [0.05, 0.1) is 6.61 Å². The molecule has 80 valence electrons. The van der Waals surface area contributed by atoms with Crippen LogP contribution in [0.3, 0.4) is 0 Å². The fraction of sp³-hybridized carbons (Fsp3) is 0.889. The average molecular weight is 210 g/mol. The second-order valence-corrected chi connectivity index (χ2v) is 3.25. The molecule has 0 amide bonds. The summed E-state index contributed by atoms with van der Waals surface area (Å²) in [5.74, 6) is 0.285. The molecular weight excluding hydrogens is 190 g/mol. The first-order valence-corrected chi connectivity index (χ1v) is 4.49. The lowest BCUT2D eigenvalue weighted by Crippen LogP contribution is -2.27. The van der Waals surface area contributed by atoms with Crippen LogP contribution in [-0.2, 0) is 9.53 Å². The molecule has 0 aromatic rings. The summed E-state index contributed by atoms with van der Waals surface area (Å²) >= 11 is 0. The average Bonchev–Trinajstić information content (AvgIpc) is 2.00. The second-order valence-electron chi connectivity index (χ2n) is 3.25. The zero-order valence-corrected chi connectivity index (χ0v) is 9.39. The first-order chi connectivity index (χ1) is 5.57. The van der Waals surface area contributed by atoms with Crippen molar-refractivity contribution in [1.29, 1.82) is 0 Å². The first-order valence-electron chi connectivity index (χ1n) is 4.49. The van der Waals surface area contributed by atoms with Gasteiger partial charge in [0, 0.05) is 12.5 Å². The number of halogens is 1. The van der Waals surface area contributed by atoms with E-state index in [0.717, 1.165) is 6.42 Å². The highest BCUT2D eigenvalue weighted by Gasteiger charge is 2.10. The van der Waals surface area contributed by atoms with Gasteiger partial charge in [-0.3, -0.25) is 4.79 Å². The van der Waals surface area contributed by atoms with E-state index < -0.39 is 0 Å². The standard InChI is InChI=1S/C9H19NO2.ClH/c1-4-12-9(11)6-5-8(10)7(2)3;/h7-8H,4-6,10H2,1-3H3;1H. The quantitative estimate of drug-likeness (QED) is 0.702. The van der Waals surface area contributed by atoms with Gasteiger partial charge in [-0.25, -0.2) is 0 Å². The highest BCUT2D eigenvalue weighted by molar-refractivity contribution is 5.85. The predicted octanol–water partition coefficient (Wildman–Crippen LogP) is 1.73. The summed E-state index contributed by atoms with van der Waals surface area (Å²) in [7, 11) is 0. The van der Waals surface area contributed by atoms with E-state index in [2.05, 4.69) is 13.8 Å². The molecule has 0 fully saturated rings. The van der Waals surface area contributed by atoms with Gasteiger partial charge >= 0.3 is 5.97 Å². The molecule has 3 nitrogen and oxygen atoms in total. The Morgan fingerprint density at radius 3 is 2.38 bits per heavy atom. The number of ether oxygens (including phenoxy) is 1. The van der Waals surface area contributed by atoms with Crippen molar-refractivity contribution in [2.45, 2.75) is 39.7 Å². The largest absolute Gasteiger partial charge is 0.466 e. The van der Waals surface area contributed by atoms with Crippen molar-refractivity contribution in [3.8, 4) is 0 Å². The molecule has 0 bridgehead atoms. The molecular formula is C9H20ClNO2. The van der Waals surface area contributed by atoms with E-state index in [0.29, 0.717) is 18.9 Å². The summed E-state index contributed by atoms with van der Waals surface area (Å²) in [6.45, 7) is 6.36. The molecule has 0 aliphatic rings. The monoisotopic (exact) mass is 209 g/mol. The lowest BCUT2D eigenvalue weighted by molar-refractivity contribution is -0.143. The van der Waals surface area contributed by atoms with Gasteiger partial charge in [-0.05, 0) is 19.3 Å². The van der Waals surface area contributed by atoms with Crippen molar-refractivity contribution in [3.63, 3.8) is 0 Å². The Morgan fingerprint density at radius 2 is 2.00 bits per heavy atom. The highest BCUT2D eigenvalue weighted by Crippen LogP contribution is 2.05. The van der Waals surface area contributed by atoms with Crippen LogP contribution >= 0.6 is 12.4 Å². The van der Waals surface area contributed by atoms with Gasteiger partial charge in [-0.15, -0.1) is 12.4 Å². The van der Waals surface area contributed by atoms with Crippen LogP contribution in [0.5, 0.6) is 0 Å². The zero-order valence-electron chi connectivity index (χ0n) is 8.58. The van der Waals surface area contributed by atoms with Gasteiger partial charge < -0.3 is 10.5 Å². The number of esters is 1. The van der Waals surface area contributed by atoms with Crippen molar-refractivity contribution in [3.05, 3.63) is 0 Å². The molecule has 0 spiro atoms. The van der Waals surface area contributed by atoms with Crippen LogP contribution in [0.2, 0.25) is 0 Å². The first kappa shape index (κ1) is 15.2. The fourth-order valence-electron chi connectivity index (χ4n) is 0.851. The topological polar surface area (TPSA) is 52.3 Å². The minimum Gasteiger partial charge on any atom is -0.466 e. The molecule has 0 rings (SSSR count). The van der Waals surface area contributed by atoms with Gasteiger partial charge in [-0.2, -0.15) is 0 Å². The van der Waals surface area contributed by atoms with Gasteiger partial charge in [-0.1, -0.05) is 13.8 Å². The van der Waals surface area contributed by atoms with Crippen LogP contribution in [0.25, 0.3) is 0 Å². The molecule has 0 radical (unpaired) electrons. The molecule has 0 aromatic heterocycles. The number of hydrogen-bond donors (Lipinski definition) is 1. The van der Waals surface area contributed by atoms with Crippen molar-refractivity contribution in [2.75, 3.05) is 6.61 Å². The number of hydrogen-bond acceptors (Lipinski definition) is 3. The van der Waals surface area contributed by atoms with Gasteiger partial charge in [0.25, 0.3) is 0 Å². The van der Waals surface area contributed by atoms with Crippen LogP contribution in [0.1, 0.15) is 33.6 Å². The molecule has 0 aromatic carbocycles. The maximum Gasteiger partial charge on any atom is 0.305 e. The highest BCUT2D eigenvalue weighted by atomic mass is 35.5. The maximum absolute atomic E-state index is 10.9. The molecule has 1 atom stereocenters. The molecule has 13 heavy (non-hydrogen) atoms. The van der Waals surface area contributed by atoms with E-state index in [1.54, 1.807) is 6.92 Å². The summed E-state index contributed by atoms with van der Waals surface area (Å²) < 4.78 is 4.78. The normalized spacial score (nSPS) is 12.1. The minimum atomic E-state index is -0.145. The van der Waals surface area contributed by atoms with E-state index in [1.165, 1.54) is 0 Å². The van der Waals surface area contributed by atoms with Crippen LogP contribution in [0.15, 0.2) is 0 Å². The van der Waals surface area contributed by atoms with E-state index >= 15 is 0 Å². The van der Waals surface area contributed by atoms with E-state index in [-0.39, 0.29) is 24.4 Å².